The summed E-state index contributed by atoms with van der Waals surface area (Å²) < 4.78 is 0. The lowest BCUT2D eigenvalue weighted by molar-refractivity contribution is 0.583. The highest BCUT2D eigenvalue weighted by Gasteiger charge is 2.32. The molecule has 4 rings (SSSR count). The molecule has 0 bridgehead atoms. The Morgan fingerprint density at radius 3 is 3.05 bits per heavy atom. The average molecular weight is 251 g/mol. The number of aryl methyl sites for hydroxylation is 1. The molecule has 1 atom stereocenters. The zero-order valence-corrected chi connectivity index (χ0v) is 11.1. The van der Waals surface area contributed by atoms with Gasteiger partial charge in [-0.1, -0.05) is 24.3 Å². The number of nitrogens with zero attached hydrogens (tertiary/aromatic N) is 2. The Hall–Kier alpha value is -2.03. The van der Waals surface area contributed by atoms with Crippen molar-refractivity contribution in [2.24, 2.45) is 0 Å². The molecule has 0 saturated carbocycles. The van der Waals surface area contributed by atoms with Crippen LogP contribution in [0.25, 0.3) is 0 Å². The van der Waals surface area contributed by atoms with E-state index >= 15 is 0 Å². The predicted molar refractivity (Wildman–Crippen MR) is 77.7 cm³/mol. The van der Waals surface area contributed by atoms with Gasteiger partial charge in [0.1, 0.15) is 0 Å². The van der Waals surface area contributed by atoms with Crippen LogP contribution in [0, 0.1) is 6.92 Å². The average Bonchev–Trinajstić information content (AvgIpc) is 2.46. The maximum Gasteiger partial charge on any atom is 0.152 e. The van der Waals surface area contributed by atoms with E-state index in [9.17, 15) is 0 Å². The molecular weight excluding hydrogens is 234 g/mol. The van der Waals surface area contributed by atoms with Crippen LogP contribution in [0.3, 0.4) is 0 Å². The molecule has 0 aliphatic carbocycles. The van der Waals surface area contributed by atoms with Crippen molar-refractivity contribution in [2.45, 2.75) is 19.4 Å². The Balaban J connectivity index is 1.83. The molecular formula is C16H17N3. The molecule has 0 radical (unpaired) electrons. The molecule has 19 heavy (non-hydrogen) atoms. The fraction of sp³-hybridized carbons (Fsp3) is 0.312. The van der Waals surface area contributed by atoms with Crippen molar-refractivity contribution in [1.82, 2.24) is 4.98 Å². The van der Waals surface area contributed by atoms with E-state index in [1.807, 2.05) is 0 Å². The van der Waals surface area contributed by atoms with Crippen molar-refractivity contribution in [1.29, 1.82) is 0 Å². The fourth-order valence-electron chi connectivity index (χ4n) is 3.23. The molecule has 0 amide bonds. The second-order valence-corrected chi connectivity index (χ2v) is 5.36. The van der Waals surface area contributed by atoms with Crippen LogP contribution in [0.1, 0.15) is 22.9 Å². The van der Waals surface area contributed by atoms with Crippen LogP contribution >= 0.6 is 0 Å². The molecule has 1 unspecified atom stereocenters. The lowest BCUT2D eigenvalue weighted by atomic mass is 9.91. The van der Waals surface area contributed by atoms with Gasteiger partial charge in [-0.15, -0.1) is 0 Å². The summed E-state index contributed by atoms with van der Waals surface area (Å²) >= 11 is 0. The largest absolute Gasteiger partial charge is 0.380 e. The topological polar surface area (TPSA) is 28.2 Å². The lowest BCUT2D eigenvalue weighted by Crippen LogP contribution is -2.42. The van der Waals surface area contributed by atoms with Crippen LogP contribution in [-0.2, 0) is 6.42 Å². The molecule has 0 saturated heterocycles. The quantitative estimate of drug-likeness (QED) is 0.780. The number of hydrogen-bond acceptors (Lipinski definition) is 3. The molecule has 3 heteroatoms. The summed E-state index contributed by atoms with van der Waals surface area (Å²) in [6, 6.07) is 13.4. The van der Waals surface area contributed by atoms with E-state index in [-0.39, 0.29) is 0 Å². The second-order valence-electron chi connectivity index (χ2n) is 5.36. The molecule has 96 valence electrons. The summed E-state index contributed by atoms with van der Waals surface area (Å²) in [6.45, 7) is 4.09. The summed E-state index contributed by atoms with van der Waals surface area (Å²) in [6.07, 6.45) is 1.11. The predicted octanol–water partition coefficient (Wildman–Crippen LogP) is 2.92. The van der Waals surface area contributed by atoms with Crippen molar-refractivity contribution in [3.8, 4) is 0 Å². The minimum absolute atomic E-state index is 0.423. The van der Waals surface area contributed by atoms with Crippen LogP contribution in [0.15, 0.2) is 36.4 Å². The molecule has 1 aromatic heterocycles. The van der Waals surface area contributed by atoms with Gasteiger partial charge in [-0.05, 0) is 36.6 Å². The number of nitrogens with one attached hydrogen (secondary N) is 1. The standard InChI is InChI=1S/C16H17N3/c1-11-6-7-14-16(18-11)19-9-8-12-4-2-3-5-13(12)15(19)10-17-14/h2-7,15,17H,8-10H2,1H3. The summed E-state index contributed by atoms with van der Waals surface area (Å²) in [7, 11) is 0. The maximum absolute atomic E-state index is 4.73. The number of pyridine rings is 1. The van der Waals surface area contributed by atoms with E-state index in [0.717, 1.165) is 31.0 Å². The van der Waals surface area contributed by atoms with Gasteiger partial charge >= 0.3 is 0 Å². The number of fused-ring (bicyclic) bond motifs is 5. The normalized spacial score (nSPS) is 20.1. The Morgan fingerprint density at radius 2 is 2.11 bits per heavy atom. The molecule has 0 spiro atoms. The number of benzene rings is 1. The van der Waals surface area contributed by atoms with Crippen molar-refractivity contribution >= 4 is 11.5 Å². The highest BCUT2D eigenvalue weighted by molar-refractivity contribution is 5.70. The third-order valence-electron chi connectivity index (χ3n) is 4.18. The number of hydrogen-bond donors (Lipinski definition) is 1. The van der Waals surface area contributed by atoms with E-state index in [1.165, 1.54) is 16.8 Å². The van der Waals surface area contributed by atoms with Crippen LogP contribution in [0.4, 0.5) is 11.5 Å². The van der Waals surface area contributed by atoms with Gasteiger partial charge in [0, 0.05) is 18.8 Å². The first-order valence-corrected chi connectivity index (χ1v) is 6.89. The highest BCUT2D eigenvalue weighted by atomic mass is 15.3. The summed E-state index contributed by atoms with van der Waals surface area (Å²) in [4.78, 5) is 7.19. The van der Waals surface area contributed by atoms with Gasteiger partial charge in [-0.25, -0.2) is 4.98 Å². The molecule has 2 aromatic rings. The van der Waals surface area contributed by atoms with Gasteiger partial charge in [0.2, 0.25) is 0 Å². The van der Waals surface area contributed by atoms with Crippen molar-refractivity contribution in [3.63, 3.8) is 0 Å². The van der Waals surface area contributed by atoms with E-state index in [1.54, 1.807) is 0 Å². The third kappa shape index (κ3) is 1.61. The van der Waals surface area contributed by atoms with E-state index < -0.39 is 0 Å². The van der Waals surface area contributed by atoms with Gasteiger partial charge < -0.3 is 10.2 Å². The summed E-state index contributed by atoms with van der Waals surface area (Å²) in [5.41, 5.74) is 5.19. The zero-order valence-electron chi connectivity index (χ0n) is 11.1. The minimum Gasteiger partial charge on any atom is -0.380 e. The van der Waals surface area contributed by atoms with Gasteiger partial charge in [0.15, 0.2) is 5.82 Å². The SMILES string of the molecule is Cc1ccc2c(n1)N1CCc3ccccc3C1CN2. The summed E-state index contributed by atoms with van der Waals surface area (Å²) in [5, 5.41) is 3.53. The lowest BCUT2D eigenvalue weighted by Gasteiger charge is -2.42. The molecule has 1 N–H and O–H groups in total. The van der Waals surface area contributed by atoms with Crippen molar-refractivity contribution in [2.75, 3.05) is 23.3 Å². The summed E-state index contributed by atoms with van der Waals surface area (Å²) in [5.74, 6) is 1.12. The van der Waals surface area contributed by atoms with Gasteiger partial charge in [0.25, 0.3) is 0 Å². The molecule has 3 nitrogen and oxygen atoms in total. The Labute approximate surface area is 113 Å². The van der Waals surface area contributed by atoms with E-state index in [4.69, 9.17) is 4.98 Å². The molecule has 0 fully saturated rings. The fourth-order valence-corrected chi connectivity index (χ4v) is 3.23. The zero-order chi connectivity index (χ0) is 12.8. The Kier molecular flexibility index (Phi) is 2.28. The Morgan fingerprint density at radius 1 is 1.21 bits per heavy atom. The van der Waals surface area contributed by atoms with E-state index in [0.29, 0.717) is 6.04 Å². The van der Waals surface area contributed by atoms with Gasteiger partial charge in [-0.2, -0.15) is 0 Å². The minimum atomic E-state index is 0.423. The van der Waals surface area contributed by atoms with Crippen LogP contribution in [0.5, 0.6) is 0 Å². The number of rotatable bonds is 0. The van der Waals surface area contributed by atoms with Crippen molar-refractivity contribution < 1.29 is 0 Å². The maximum atomic E-state index is 4.73. The highest BCUT2D eigenvalue weighted by Crippen LogP contribution is 2.39. The number of aromatic nitrogens is 1. The molecule has 2 aliphatic heterocycles. The van der Waals surface area contributed by atoms with Gasteiger partial charge in [0.05, 0.1) is 11.7 Å². The Bertz CT molecular complexity index is 636. The van der Waals surface area contributed by atoms with Crippen molar-refractivity contribution in [3.05, 3.63) is 53.2 Å². The molecule has 3 heterocycles. The molecule has 2 aliphatic rings. The van der Waals surface area contributed by atoms with Crippen LogP contribution in [-0.4, -0.2) is 18.1 Å². The second kappa shape index (κ2) is 3.98. The van der Waals surface area contributed by atoms with Gasteiger partial charge in [-0.3, -0.25) is 0 Å². The number of anilines is 2. The first-order chi connectivity index (χ1) is 9.33. The monoisotopic (exact) mass is 251 g/mol. The van der Waals surface area contributed by atoms with Crippen LogP contribution < -0.4 is 10.2 Å². The third-order valence-corrected chi connectivity index (χ3v) is 4.18. The van der Waals surface area contributed by atoms with Crippen LogP contribution in [0.2, 0.25) is 0 Å². The molecule has 1 aromatic carbocycles. The first-order valence-electron chi connectivity index (χ1n) is 6.89. The van der Waals surface area contributed by atoms with E-state index in [2.05, 4.69) is 53.5 Å². The first kappa shape index (κ1) is 10.9. The smallest absolute Gasteiger partial charge is 0.152 e.